The lowest BCUT2D eigenvalue weighted by Gasteiger charge is -2.21. The molecule has 4 aromatic rings. The summed E-state index contributed by atoms with van der Waals surface area (Å²) in [7, 11) is 0. The minimum Gasteiger partial charge on any atom is -0.321 e. The van der Waals surface area contributed by atoms with Crippen molar-refractivity contribution in [1.29, 1.82) is 0 Å². The van der Waals surface area contributed by atoms with Crippen molar-refractivity contribution in [2.24, 2.45) is 0 Å². The third-order valence-electron chi connectivity index (χ3n) is 5.85. The predicted octanol–water partition coefficient (Wildman–Crippen LogP) is 5.64. The van der Waals surface area contributed by atoms with Crippen molar-refractivity contribution in [3.8, 4) is 16.9 Å². The van der Waals surface area contributed by atoms with Crippen LogP contribution in [0, 0.1) is 20.8 Å². The first-order chi connectivity index (χ1) is 15.9. The molecule has 0 spiro atoms. The van der Waals surface area contributed by atoms with E-state index in [4.69, 9.17) is 0 Å². The van der Waals surface area contributed by atoms with Crippen molar-refractivity contribution >= 4 is 11.6 Å². The average Bonchev–Trinajstić information content (AvgIpc) is 2.81. The van der Waals surface area contributed by atoms with Gasteiger partial charge in [0.2, 0.25) is 0 Å². The minimum atomic E-state index is -0.420. The van der Waals surface area contributed by atoms with Gasteiger partial charge >= 0.3 is 0 Å². The van der Waals surface area contributed by atoms with Crippen LogP contribution in [-0.2, 0) is 6.42 Å². The van der Waals surface area contributed by atoms with Crippen LogP contribution in [0.15, 0.2) is 77.9 Å². The molecule has 0 atom stereocenters. The molecule has 5 heteroatoms. The van der Waals surface area contributed by atoms with Crippen LogP contribution < -0.4 is 10.7 Å². The SMILES string of the molecule is CCc1cccc(C)c1NC(=O)c1c(-c2ccncc2)n(-c2ccc(C)cc2)c(C)cc1=O. The Bertz CT molecular complexity index is 1370. The van der Waals surface area contributed by atoms with Crippen molar-refractivity contribution in [2.45, 2.75) is 34.1 Å². The molecule has 5 nitrogen and oxygen atoms in total. The van der Waals surface area contributed by atoms with Gasteiger partial charge in [-0.05, 0) is 62.6 Å². The summed E-state index contributed by atoms with van der Waals surface area (Å²) in [6.07, 6.45) is 4.11. The van der Waals surface area contributed by atoms with Crippen molar-refractivity contribution in [3.05, 3.63) is 111 Å². The molecule has 0 fully saturated rings. The number of hydrogen-bond donors (Lipinski definition) is 1. The molecule has 0 unspecified atom stereocenters. The molecule has 0 aliphatic heterocycles. The van der Waals surface area contributed by atoms with Gasteiger partial charge in [-0.25, -0.2) is 0 Å². The van der Waals surface area contributed by atoms with E-state index in [1.165, 1.54) is 6.07 Å². The lowest BCUT2D eigenvalue weighted by molar-refractivity contribution is 0.102. The first-order valence-electron chi connectivity index (χ1n) is 11.0. The van der Waals surface area contributed by atoms with Gasteiger partial charge in [0.1, 0.15) is 5.56 Å². The van der Waals surface area contributed by atoms with Crippen LogP contribution in [0.3, 0.4) is 0 Å². The molecule has 0 radical (unpaired) electrons. The molecular formula is C28H27N3O2. The Morgan fingerprint density at radius 2 is 1.67 bits per heavy atom. The topological polar surface area (TPSA) is 64.0 Å². The third-order valence-corrected chi connectivity index (χ3v) is 5.85. The Morgan fingerprint density at radius 1 is 0.970 bits per heavy atom. The highest BCUT2D eigenvalue weighted by atomic mass is 16.2. The highest BCUT2D eigenvalue weighted by Crippen LogP contribution is 2.28. The Morgan fingerprint density at radius 3 is 2.33 bits per heavy atom. The van der Waals surface area contributed by atoms with Gasteiger partial charge in [-0.15, -0.1) is 0 Å². The van der Waals surface area contributed by atoms with Crippen LogP contribution in [0.1, 0.15) is 39.7 Å². The fraction of sp³-hybridized carbons (Fsp3) is 0.179. The van der Waals surface area contributed by atoms with Crippen LogP contribution in [0.5, 0.6) is 0 Å². The number of amides is 1. The maximum absolute atomic E-state index is 13.7. The van der Waals surface area contributed by atoms with Gasteiger partial charge in [0, 0.05) is 41.1 Å². The number of anilines is 1. The highest BCUT2D eigenvalue weighted by molar-refractivity contribution is 6.09. The van der Waals surface area contributed by atoms with Gasteiger partial charge < -0.3 is 9.88 Å². The molecule has 0 aliphatic rings. The minimum absolute atomic E-state index is 0.109. The largest absolute Gasteiger partial charge is 0.321 e. The Hall–Kier alpha value is -3.99. The number of rotatable bonds is 5. The fourth-order valence-electron chi connectivity index (χ4n) is 4.14. The first-order valence-corrected chi connectivity index (χ1v) is 11.0. The summed E-state index contributed by atoms with van der Waals surface area (Å²) in [5, 5.41) is 3.04. The number of benzene rings is 2. The second-order valence-electron chi connectivity index (χ2n) is 8.20. The normalized spacial score (nSPS) is 10.8. The number of carbonyl (C=O) groups excluding carboxylic acids is 1. The average molecular weight is 438 g/mol. The fourth-order valence-corrected chi connectivity index (χ4v) is 4.14. The van der Waals surface area contributed by atoms with E-state index in [0.717, 1.165) is 45.7 Å². The van der Waals surface area contributed by atoms with Crippen molar-refractivity contribution < 1.29 is 4.79 Å². The molecule has 2 aromatic carbocycles. The summed E-state index contributed by atoms with van der Waals surface area (Å²) in [6, 6.07) is 19.1. The summed E-state index contributed by atoms with van der Waals surface area (Å²) in [4.78, 5) is 31.0. The zero-order valence-corrected chi connectivity index (χ0v) is 19.3. The standard InChI is InChI=1S/C28H27N3O2/c1-5-21-8-6-7-19(3)26(21)30-28(33)25-24(32)17-20(4)31(23-11-9-18(2)10-12-23)27(25)22-13-15-29-16-14-22/h6-17H,5H2,1-4H3,(H,30,33). The number of nitrogens with zero attached hydrogens (tertiary/aromatic N) is 2. The second-order valence-corrected chi connectivity index (χ2v) is 8.20. The van der Waals surface area contributed by atoms with E-state index in [1.807, 2.05) is 86.9 Å². The van der Waals surface area contributed by atoms with E-state index in [2.05, 4.69) is 10.3 Å². The second kappa shape index (κ2) is 9.25. The van der Waals surface area contributed by atoms with E-state index in [9.17, 15) is 9.59 Å². The quantitative estimate of drug-likeness (QED) is 0.439. The lowest BCUT2D eigenvalue weighted by Crippen LogP contribution is -2.27. The monoisotopic (exact) mass is 437 g/mol. The molecule has 0 aliphatic carbocycles. The molecule has 1 amide bonds. The molecule has 33 heavy (non-hydrogen) atoms. The predicted molar refractivity (Wildman–Crippen MR) is 133 cm³/mol. The van der Waals surface area contributed by atoms with Crippen LogP contribution in [-0.4, -0.2) is 15.5 Å². The molecule has 0 saturated heterocycles. The number of aryl methyl sites for hydroxylation is 4. The van der Waals surface area contributed by atoms with Crippen molar-refractivity contribution in [2.75, 3.05) is 5.32 Å². The summed E-state index contributed by atoms with van der Waals surface area (Å²) in [5.74, 6) is -0.420. The third kappa shape index (κ3) is 4.35. The molecule has 2 heterocycles. The van der Waals surface area contributed by atoms with E-state index in [0.29, 0.717) is 5.69 Å². The summed E-state index contributed by atoms with van der Waals surface area (Å²) >= 11 is 0. The number of hydrogen-bond acceptors (Lipinski definition) is 3. The zero-order chi connectivity index (χ0) is 23.5. The van der Waals surface area contributed by atoms with Gasteiger partial charge in [-0.3, -0.25) is 14.6 Å². The van der Waals surface area contributed by atoms with Gasteiger partial charge in [-0.2, -0.15) is 0 Å². The maximum Gasteiger partial charge on any atom is 0.261 e. The van der Waals surface area contributed by atoms with Crippen LogP contribution in [0.4, 0.5) is 5.69 Å². The molecule has 1 N–H and O–H groups in total. The van der Waals surface area contributed by atoms with Gasteiger partial charge in [0.15, 0.2) is 5.43 Å². The zero-order valence-electron chi connectivity index (χ0n) is 19.3. The van der Waals surface area contributed by atoms with Crippen LogP contribution in [0.25, 0.3) is 16.9 Å². The highest BCUT2D eigenvalue weighted by Gasteiger charge is 2.23. The number of para-hydroxylation sites is 1. The first kappa shape index (κ1) is 22.2. The van der Waals surface area contributed by atoms with E-state index < -0.39 is 5.91 Å². The Kier molecular flexibility index (Phi) is 6.22. The number of nitrogens with one attached hydrogen (secondary N) is 1. The molecule has 2 aromatic heterocycles. The van der Waals surface area contributed by atoms with Gasteiger partial charge in [0.05, 0.1) is 5.69 Å². The smallest absolute Gasteiger partial charge is 0.261 e. The van der Waals surface area contributed by atoms with Crippen LogP contribution >= 0.6 is 0 Å². The van der Waals surface area contributed by atoms with Crippen molar-refractivity contribution in [1.82, 2.24) is 9.55 Å². The van der Waals surface area contributed by atoms with E-state index in [1.54, 1.807) is 12.4 Å². The van der Waals surface area contributed by atoms with Crippen LogP contribution in [0.2, 0.25) is 0 Å². The molecule has 4 rings (SSSR count). The maximum atomic E-state index is 13.7. The molecular weight excluding hydrogens is 410 g/mol. The molecule has 166 valence electrons. The summed E-state index contributed by atoms with van der Waals surface area (Å²) in [5.41, 5.74) is 6.59. The van der Waals surface area contributed by atoms with Crippen molar-refractivity contribution in [3.63, 3.8) is 0 Å². The number of aromatic nitrogens is 2. The van der Waals surface area contributed by atoms with E-state index >= 15 is 0 Å². The summed E-state index contributed by atoms with van der Waals surface area (Å²) in [6.45, 7) is 7.91. The summed E-state index contributed by atoms with van der Waals surface area (Å²) < 4.78 is 1.96. The van der Waals surface area contributed by atoms with E-state index in [-0.39, 0.29) is 11.0 Å². The Labute approximate surface area is 193 Å². The Balaban J connectivity index is 1.97. The lowest BCUT2D eigenvalue weighted by atomic mass is 10.0. The number of pyridine rings is 2. The number of carbonyl (C=O) groups is 1. The molecule has 0 bridgehead atoms. The van der Waals surface area contributed by atoms with Gasteiger partial charge in [0.25, 0.3) is 5.91 Å². The molecule has 0 saturated carbocycles. The van der Waals surface area contributed by atoms with Gasteiger partial charge in [-0.1, -0.05) is 42.8 Å².